The third-order valence-electron chi connectivity index (χ3n) is 6.07. The predicted molar refractivity (Wildman–Crippen MR) is 134 cm³/mol. The van der Waals surface area contributed by atoms with E-state index < -0.39 is 17.7 Å². The zero-order valence-corrected chi connectivity index (χ0v) is 21.6. The summed E-state index contributed by atoms with van der Waals surface area (Å²) in [7, 11) is 0. The van der Waals surface area contributed by atoms with Crippen molar-refractivity contribution >= 4 is 17.9 Å². The van der Waals surface area contributed by atoms with E-state index in [9.17, 15) is 14.4 Å². The van der Waals surface area contributed by atoms with Gasteiger partial charge in [-0.2, -0.15) is 0 Å². The van der Waals surface area contributed by atoms with Crippen LogP contribution in [0.15, 0.2) is 24.3 Å². The van der Waals surface area contributed by atoms with Crippen LogP contribution in [-0.2, 0) is 20.7 Å². The molecule has 2 N–H and O–H groups in total. The highest BCUT2D eigenvalue weighted by molar-refractivity contribution is 5.90. The van der Waals surface area contributed by atoms with Gasteiger partial charge in [0.2, 0.25) is 11.8 Å². The average Bonchev–Trinajstić information content (AvgIpc) is 2.80. The Balaban J connectivity index is 2.26. The Hall–Kier alpha value is -2.57. The SMILES string of the molecule is CCCCN(C(=O)CNC(=O)OC(C)(C)C)C(C(=O)NC1CCCCC1)c1ccc(CC)cc1. The molecule has 0 saturated heterocycles. The summed E-state index contributed by atoms with van der Waals surface area (Å²) in [5.74, 6) is -0.458. The number of hydrogen-bond acceptors (Lipinski definition) is 4. The van der Waals surface area contributed by atoms with Crippen LogP contribution in [-0.4, -0.2) is 47.5 Å². The maximum Gasteiger partial charge on any atom is 0.408 e. The predicted octanol–water partition coefficient (Wildman–Crippen LogP) is 4.89. The minimum Gasteiger partial charge on any atom is -0.444 e. The summed E-state index contributed by atoms with van der Waals surface area (Å²) >= 11 is 0. The van der Waals surface area contributed by atoms with E-state index in [1.165, 1.54) is 12.0 Å². The van der Waals surface area contributed by atoms with Crippen LogP contribution in [0, 0.1) is 0 Å². The Bertz CT molecular complexity index is 795. The number of nitrogens with zero attached hydrogens (tertiary/aromatic N) is 1. The number of amides is 3. The van der Waals surface area contributed by atoms with E-state index in [-0.39, 0.29) is 24.4 Å². The molecule has 1 aromatic rings. The number of aryl methyl sites for hydroxylation is 1. The third-order valence-corrected chi connectivity index (χ3v) is 6.07. The quantitative estimate of drug-likeness (QED) is 0.506. The highest BCUT2D eigenvalue weighted by Crippen LogP contribution is 2.25. The van der Waals surface area contributed by atoms with Crippen molar-refractivity contribution in [1.82, 2.24) is 15.5 Å². The van der Waals surface area contributed by atoms with Crippen LogP contribution in [0.3, 0.4) is 0 Å². The molecule has 34 heavy (non-hydrogen) atoms. The van der Waals surface area contributed by atoms with Crippen molar-refractivity contribution in [2.75, 3.05) is 13.1 Å². The van der Waals surface area contributed by atoms with Crippen LogP contribution >= 0.6 is 0 Å². The maximum atomic E-state index is 13.6. The molecule has 0 bridgehead atoms. The van der Waals surface area contributed by atoms with Gasteiger partial charge in [-0.15, -0.1) is 0 Å². The molecule has 1 aromatic carbocycles. The van der Waals surface area contributed by atoms with E-state index in [0.29, 0.717) is 6.54 Å². The molecule has 0 radical (unpaired) electrons. The summed E-state index contributed by atoms with van der Waals surface area (Å²) in [4.78, 5) is 40.6. The molecule has 1 aliphatic rings. The lowest BCUT2D eigenvalue weighted by Gasteiger charge is -2.33. The zero-order valence-electron chi connectivity index (χ0n) is 21.6. The summed E-state index contributed by atoms with van der Waals surface area (Å²) in [5, 5.41) is 5.77. The van der Waals surface area contributed by atoms with Gasteiger partial charge in [0.25, 0.3) is 0 Å². The zero-order chi connectivity index (χ0) is 25.1. The van der Waals surface area contributed by atoms with Gasteiger partial charge in [0.1, 0.15) is 18.2 Å². The fourth-order valence-electron chi connectivity index (χ4n) is 4.23. The number of carbonyl (C=O) groups excluding carboxylic acids is 3. The summed E-state index contributed by atoms with van der Waals surface area (Å²) in [6, 6.07) is 7.30. The van der Waals surface area contributed by atoms with Crippen LogP contribution in [0.2, 0.25) is 0 Å². The fraction of sp³-hybridized carbons (Fsp3) is 0.667. The first-order valence-electron chi connectivity index (χ1n) is 12.8. The Morgan fingerprint density at radius 3 is 2.26 bits per heavy atom. The number of ether oxygens (including phenoxy) is 1. The maximum absolute atomic E-state index is 13.6. The Morgan fingerprint density at radius 1 is 1.06 bits per heavy atom. The summed E-state index contributed by atoms with van der Waals surface area (Å²) in [6.07, 6.45) is 7.26. The molecule has 0 heterocycles. The molecule has 1 fully saturated rings. The number of hydrogen-bond donors (Lipinski definition) is 2. The monoisotopic (exact) mass is 473 g/mol. The summed E-state index contributed by atoms with van der Waals surface area (Å²) in [5.41, 5.74) is 1.30. The molecule has 1 atom stereocenters. The molecule has 3 amide bonds. The number of benzene rings is 1. The Labute approximate surface area is 205 Å². The van der Waals surface area contributed by atoms with Gasteiger partial charge in [0.05, 0.1) is 0 Å². The third kappa shape index (κ3) is 8.99. The van der Waals surface area contributed by atoms with E-state index in [4.69, 9.17) is 4.74 Å². The first-order chi connectivity index (χ1) is 16.1. The minimum absolute atomic E-state index is 0.140. The van der Waals surface area contributed by atoms with Gasteiger partial charge in [0.15, 0.2) is 0 Å². The molecule has 0 spiro atoms. The smallest absolute Gasteiger partial charge is 0.408 e. The van der Waals surface area contributed by atoms with E-state index in [2.05, 4.69) is 24.5 Å². The van der Waals surface area contributed by atoms with E-state index in [0.717, 1.165) is 50.5 Å². The number of rotatable bonds is 10. The van der Waals surface area contributed by atoms with E-state index in [1.807, 2.05) is 24.3 Å². The van der Waals surface area contributed by atoms with Crippen LogP contribution < -0.4 is 10.6 Å². The van der Waals surface area contributed by atoms with Crippen molar-refractivity contribution in [3.8, 4) is 0 Å². The molecular weight excluding hydrogens is 430 g/mol. The number of carbonyl (C=O) groups is 3. The van der Waals surface area contributed by atoms with Crippen molar-refractivity contribution in [3.63, 3.8) is 0 Å². The van der Waals surface area contributed by atoms with Gasteiger partial charge < -0.3 is 20.3 Å². The normalized spacial score (nSPS) is 15.3. The van der Waals surface area contributed by atoms with E-state index >= 15 is 0 Å². The summed E-state index contributed by atoms with van der Waals surface area (Å²) in [6.45, 7) is 9.66. The number of unbranched alkanes of at least 4 members (excludes halogenated alkanes) is 1. The highest BCUT2D eigenvalue weighted by Gasteiger charge is 2.32. The lowest BCUT2D eigenvalue weighted by molar-refractivity contribution is -0.140. The van der Waals surface area contributed by atoms with Crippen LogP contribution in [0.1, 0.15) is 96.7 Å². The molecule has 1 aliphatic carbocycles. The second kappa shape index (κ2) is 13.4. The molecule has 2 rings (SSSR count). The lowest BCUT2D eigenvalue weighted by atomic mass is 9.94. The van der Waals surface area contributed by atoms with Gasteiger partial charge in [-0.1, -0.05) is 63.8 Å². The average molecular weight is 474 g/mol. The van der Waals surface area contributed by atoms with Gasteiger partial charge in [-0.3, -0.25) is 9.59 Å². The van der Waals surface area contributed by atoms with E-state index in [1.54, 1.807) is 25.7 Å². The molecule has 190 valence electrons. The molecule has 1 unspecified atom stereocenters. The largest absolute Gasteiger partial charge is 0.444 e. The van der Waals surface area contributed by atoms with Gasteiger partial charge in [-0.05, 0) is 57.6 Å². The topological polar surface area (TPSA) is 87.7 Å². The molecule has 7 heteroatoms. The first kappa shape index (κ1) is 27.7. The number of nitrogens with one attached hydrogen (secondary N) is 2. The lowest BCUT2D eigenvalue weighted by Crippen LogP contribution is -2.50. The van der Waals surface area contributed by atoms with Crippen LogP contribution in [0.25, 0.3) is 0 Å². The molecular formula is C27H43N3O4. The molecule has 0 aromatic heterocycles. The highest BCUT2D eigenvalue weighted by atomic mass is 16.6. The standard InChI is InChI=1S/C27H43N3O4/c1-6-8-18-30(23(31)19-28-26(33)34-27(3,4)5)24(21-16-14-20(7-2)15-17-21)25(32)29-22-12-10-9-11-13-22/h14-17,22,24H,6-13,18-19H2,1-5H3,(H,28,33)(H,29,32). The van der Waals surface area contributed by atoms with Crippen LogP contribution in [0.4, 0.5) is 4.79 Å². The molecule has 1 saturated carbocycles. The van der Waals surface area contributed by atoms with Gasteiger partial charge in [-0.25, -0.2) is 4.79 Å². The van der Waals surface area contributed by atoms with Gasteiger partial charge in [0, 0.05) is 12.6 Å². The number of alkyl carbamates (subject to hydrolysis) is 1. The Kier molecular flexibility index (Phi) is 10.9. The first-order valence-corrected chi connectivity index (χ1v) is 12.8. The second-order valence-electron chi connectivity index (χ2n) is 10.1. The molecule has 0 aliphatic heterocycles. The van der Waals surface area contributed by atoms with Crippen molar-refractivity contribution in [3.05, 3.63) is 35.4 Å². The molecule has 7 nitrogen and oxygen atoms in total. The summed E-state index contributed by atoms with van der Waals surface area (Å²) < 4.78 is 5.27. The van der Waals surface area contributed by atoms with Gasteiger partial charge >= 0.3 is 6.09 Å². The van der Waals surface area contributed by atoms with Crippen molar-refractivity contribution in [2.24, 2.45) is 0 Å². The fourth-order valence-corrected chi connectivity index (χ4v) is 4.23. The minimum atomic E-state index is -0.743. The Morgan fingerprint density at radius 2 is 1.71 bits per heavy atom. The van der Waals surface area contributed by atoms with Crippen molar-refractivity contribution in [1.29, 1.82) is 0 Å². The second-order valence-corrected chi connectivity index (χ2v) is 10.1. The van der Waals surface area contributed by atoms with Crippen molar-refractivity contribution in [2.45, 2.75) is 104 Å². The van der Waals surface area contributed by atoms with Crippen LogP contribution in [0.5, 0.6) is 0 Å². The van der Waals surface area contributed by atoms with Crippen molar-refractivity contribution < 1.29 is 19.1 Å².